The van der Waals surface area contributed by atoms with Gasteiger partial charge in [-0.1, -0.05) is 12.1 Å². The fourth-order valence-electron chi connectivity index (χ4n) is 4.28. The second-order valence-electron chi connectivity index (χ2n) is 8.78. The Hall–Kier alpha value is -4.90. The number of nitrogens with two attached hydrogens (primary N) is 1. The maximum Gasteiger partial charge on any atom is 0.416 e. The van der Waals surface area contributed by atoms with E-state index in [1.807, 2.05) is 6.07 Å². The minimum Gasteiger partial charge on any atom is -0.466 e. The Balaban J connectivity index is 2.36. The number of hydrogen-bond donors (Lipinski definition) is 4. The summed E-state index contributed by atoms with van der Waals surface area (Å²) in [6, 6.07) is 6.07. The normalized spacial score (nSPS) is 16.4. The van der Waals surface area contributed by atoms with Crippen molar-refractivity contribution in [3.63, 3.8) is 0 Å². The van der Waals surface area contributed by atoms with Crippen molar-refractivity contribution in [2.75, 3.05) is 18.6 Å². The van der Waals surface area contributed by atoms with Gasteiger partial charge in [-0.15, -0.1) is 0 Å². The van der Waals surface area contributed by atoms with Crippen LogP contribution in [0.5, 0.6) is 0 Å². The van der Waals surface area contributed by atoms with Crippen LogP contribution < -0.4 is 16.0 Å². The summed E-state index contributed by atoms with van der Waals surface area (Å²) in [7, 11) is 1.04. The molecule has 1 aliphatic rings. The van der Waals surface area contributed by atoms with E-state index in [0.29, 0.717) is 4.90 Å². The zero-order chi connectivity index (χ0) is 29.9. The average Bonchev–Trinajstić information content (AvgIpc) is 2.91. The lowest BCUT2D eigenvalue weighted by Gasteiger charge is -2.43. The number of esters is 1. The van der Waals surface area contributed by atoms with Gasteiger partial charge in [-0.2, -0.15) is 18.4 Å². The summed E-state index contributed by atoms with van der Waals surface area (Å²) < 4.78 is 45.3. The molecule has 210 valence electrons. The first-order valence-electron chi connectivity index (χ1n) is 11.7. The minimum atomic E-state index is -4.72. The zero-order valence-corrected chi connectivity index (χ0v) is 21.5. The molecule has 0 spiro atoms. The molecule has 5 N–H and O–H groups in total. The number of allylic oxidation sites excluding steroid dienone is 1. The van der Waals surface area contributed by atoms with Crippen molar-refractivity contribution in [3.8, 4) is 6.07 Å². The maximum absolute atomic E-state index is 13.5. The van der Waals surface area contributed by atoms with E-state index >= 15 is 0 Å². The van der Waals surface area contributed by atoms with Crippen molar-refractivity contribution in [3.05, 3.63) is 76.0 Å². The van der Waals surface area contributed by atoms with Crippen LogP contribution in [0.3, 0.4) is 0 Å². The number of nitrogens with one attached hydrogen (secondary N) is 2. The van der Waals surface area contributed by atoms with Crippen LogP contribution in [0.4, 0.5) is 23.7 Å². The molecule has 0 saturated carbocycles. The fourth-order valence-corrected chi connectivity index (χ4v) is 4.28. The van der Waals surface area contributed by atoms with Gasteiger partial charge in [0.15, 0.2) is 0 Å². The van der Waals surface area contributed by atoms with Crippen LogP contribution in [-0.2, 0) is 15.7 Å². The molecule has 0 bridgehead atoms. The molecule has 14 heteroatoms. The molecule has 0 radical (unpaired) electrons. The van der Waals surface area contributed by atoms with Crippen molar-refractivity contribution in [1.29, 1.82) is 10.7 Å². The van der Waals surface area contributed by atoms with Crippen LogP contribution >= 0.6 is 0 Å². The molecule has 3 amide bonds. The Kier molecular flexibility index (Phi) is 8.49. The molecule has 1 aliphatic heterocycles. The highest BCUT2D eigenvalue weighted by Crippen LogP contribution is 2.42. The van der Waals surface area contributed by atoms with Crippen molar-refractivity contribution in [2.45, 2.75) is 32.1 Å². The molecular weight excluding hydrogens is 533 g/mol. The van der Waals surface area contributed by atoms with Crippen molar-refractivity contribution >= 4 is 29.6 Å². The average molecular weight is 559 g/mol. The van der Waals surface area contributed by atoms with Crippen molar-refractivity contribution in [1.82, 2.24) is 10.2 Å². The molecule has 3 rings (SSSR count). The van der Waals surface area contributed by atoms with Gasteiger partial charge < -0.3 is 20.9 Å². The molecule has 0 aliphatic carbocycles. The van der Waals surface area contributed by atoms with Crippen LogP contribution in [0.25, 0.3) is 0 Å². The van der Waals surface area contributed by atoms with Gasteiger partial charge in [0.2, 0.25) is 5.96 Å². The Labute approximate surface area is 226 Å². The van der Waals surface area contributed by atoms with Gasteiger partial charge in [-0.05, 0) is 49.7 Å². The summed E-state index contributed by atoms with van der Waals surface area (Å²) in [4.78, 5) is 40.7. The molecule has 11 nitrogen and oxygen atoms in total. The van der Waals surface area contributed by atoms with E-state index < -0.39 is 54.3 Å². The zero-order valence-electron chi connectivity index (χ0n) is 21.5. The SMILES string of the molecule is COC(=O)C1=C(C)N(c2cccc(C(F)(F)F)c2)C(=N)N(C(N)=O)[C@@H]1c1ccc(C#N)cc1C(=O)NC(C)CO. The number of nitriles is 1. The molecule has 1 heterocycles. The number of aliphatic hydroxyl groups is 1. The van der Waals surface area contributed by atoms with Gasteiger partial charge >= 0.3 is 18.2 Å². The molecule has 40 heavy (non-hydrogen) atoms. The number of anilines is 1. The smallest absolute Gasteiger partial charge is 0.416 e. The molecule has 2 aromatic rings. The summed E-state index contributed by atoms with van der Waals surface area (Å²) in [5, 5.41) is 30.1. The third kappa shape index (κ3) is 5.59. The lowest BCUT2D eigenvalue weighted by molar-refractivity contribution is -0.138. The lowest BCUT2D eigenvalue weighted by atomic mass is 9.88. The van der Waals surface area contributed by atoms with Crippen molar-refractivity contribution in [2.24, 2.45) is 5.73 Å². The number of rotatable bonds is 6. The van der Waals surface area contributed by atoms with E-state index in [1.54, 1.807) is 0 Å². The largest absolute Gasteiger partial charge is 0.466 e. The first-order valence-corrected chi connectivity index (χ1v) is 11.7. The van der Waals surface area contributed by atoms with E-state index in [0.717, 1.165) is 30.2 Å². The van der Waals surface area contributed by atoms with Crippen LogP contribution in [0, 0.1) is 16.7 Å². The highest BCUT2D eigenvalue weighted by atomic mass is 19.4. The number of carbonyl (C=O) groups is 3. The van der Waals surface area contributed by atoms with Gasteiger partial charge in [0, 0.05) is 23.0 Å². The Bertz CT molecular complexity index is 1450. The quantitative estimate of drug-likeness (QED) is 0.395. The predicted octanol–water partition coefficient (Wildman–Crippen LogP) is 3.01. The number of urea groups is 1. The number of methoxy groups -OCH3 is 1. The third-order valence-electron chi connectivity index (χ3n) is 6.14. The number of primary amides is 1. The van der Waals surface area contributed by atoms with Gasteiger partial charge in [0.1, 0.15) is 6.04 Å². The lowest BCUT2D eigenvalue weighted by Crippen LogP contribution is -2.55. The number of ether oxygens (including phenoxy) is 1. The number of amides is 3. The summed E-state index contributed by atoms with van der Waals surface area (Å²) in [6.07, 6.45) is -4.72. The Morgan fingerprint density at radius 1 is 1.25 bits per heavy atom. The van der Waals surface area contributed by atoms with E-state index in [4.69, 9.17) is 15.9 Å². The summed E-state index contributed by atoms with van der Waals surface area (Å²) in [5.41, 5.74) is 3.87. The Morgan fingerprint density at radius 3 is 2.48 bits per heavy atom. The number of guanidine groups is 1. The van der Waals surface area contributed by atoms with E-state index in [-0.39, 0.29) is 33.6 Å². The molecule has 2 atom stereocenters. The number of carbonyl (C=O) groups excluding carboxylic acids is 3. The second kappa shape index (κ2) is 11.5. The highest BCUT2D eigenvalue weighted by molar-refractivity contribution is 6.11. The van der Waals surface area contributed by atoms with Crippen molar-refractivity contribution < 1.29 is 37.4 Å². The number of alkyl halides is 3. The molecule has 1 unspecified atom stereocenters. The molecule has 0 saturated heterocycles. The third-order valence-corrected chi connectivity index (χ3v) is 6.14. The molecule has 0 fully saturated rings. The number of halogens is 3. The number of aliphatic hydroxyl groups excluding tert-OH is 1. The first kappa shape index (κ1) is 29.7. The van der Waals surface area contributed by atoms with Gasteiger partial charge in [-0.25, -0.2) is 9.59 Å². The standard InChI is InChI=1S/C26H25F3N6O5/c1-13(12-36)33-22(37)19-9-15(11-30)7-8-18(19)21-20(23(38)40-3)14(2)34(24(31)35(21)25(32)39)17-6-4-5-16(10-17)26(27,28)29/h4-10,13,21,31,36H,12H2,1-3H3,(H2,32,39)(H,33,37)/t13?,21-/m1/s1. The predicted molar refractivity (Wildman–Crippen MR) is 136 cm³/mol. The maximum atomic E-state index is 13.5. The van der Waals surface area contributed by atoms with Crippen LogP contribution in [0.15, 0.2) is 53.7 Å². The van der Waals surface area contributed by atoms with E-state index in [9.17, 15) is 37.9 Å². The number of hydrogen-bond acceptors (Lipinski definition) is 7. The molecule has 0 aromatic heterocycles. The molecular formula is C26H25F3N6O5. The summed E-state index contributed by atoms with van der Waals surface area (Å²) in [5.74, 6) is -2.49. The minimum absolute atomic E-state index is 0.0337. The van der Waals surface area contributed by atoms with Crippen LogP contribution in [0.1, 0.15) is 46.9 Å². The van der Waals surface area contributed by atoms with Crippen LogP contribution in [0.2, 0.25) is 0 Å². The topological polar surface area (TPSA) is 173 Å². The van der Waals surface area contributed by atoms with Gasteiger partial charge in [0.25, 0.3) is 5.91 Å². The van der Waals surface area contributed by atoms with E-state index in [1.165, 1.54) is 38.1 Å². The summed E-state index contributed by atoms with van der Waals surface area (Å²) in [6.45, 7) is 2.43. The fraction of sp³-hybridized carbons (Fsp3) is 0.269. The van der Waals surface area contributed by atoms with Crippen LogP contribution in [-0.4, -0.2) is 53.6 Å². The number of nitrogens with zero attached hydrogens (tertiary/aromatic N) is 3. The Morgan fingerprint density at radius 2 is 1.93 bits per heavy atom. The van der Waals surface area contributed by atoms with Gasteiger partial charge in [0.05, 0.1) is 36.5 Å². The first-order chi connectivity index (χ1) is 18.8. The second-order valence-corrected chi connectivity index (χ2v) is 8.78. The molecule has 2 aromatic carbocycles. The summed E-state index contributed by atoms with van der Waals surface area (Å²) >= 11 is 0. The number of benzene rings is 2. The monoisotopic (exact) mass is 558 g/mol. The highest BCUT2D eigenvalue weighted by Gasteiger charge is 2.45. The van der Waals surface area contributed by atoms with Gasteiger partial charge in [-0.3, -0.25) is 20.0 Å². The van der Waals surface area contributed by atoms with E-state index in [2.05, 4.69) is 5.32 Å².